The quantitative estimate of drug-likeness (QED) is 0.636. The van der Waals surface area contributed by atoms with Crippen molar-refractivity contribution < 1.29 is 13.2 Å². The van der Waals surface area contributed by atoms with Gasteiger partial charge in [0.15, 0.2) is 0 Å². The number of benzene rings is 1. The van der Waals surface area contributed by atoms with Gasteiger partial charge >= 0.3 is 6.18 Å². The van der Waals surface area contributed by atoms with E-state index in [-0.39, 0.29) is 22.4 Å². The number of nitrogens with one attached hydrogen (secondary N) is 3. The molecule has 0 amide bonds. The molecule has 3 N–H and O–H groups in total. The third-order valence-corrected chi connectivity index (χ3v) is 2.86. The number of nitrogens with zero attached hydrogens (tertiary/aromatic N) is 5. The Balaban J connectivity index is 1.97. The third kappa shape index (κ3) is 2.82. The Kier molecular flexibility index (Phi) is 3.41. The monoisotopic (exact) mass is 320 g/mol. The maximum Gasteiger partial charge on any atom is 0.449 e. The lowest BCUT2D eigenvalue weighted by Gasteiger charge is -2.02. The Hall–Kier alpha value is -3.42. The number of allylic oxidation sites excluding steroid dienone is 1. The summed E-state index contributed by atoms with van der Waals surface area (Å²) in [5.74, 6) is -1.03. The average Bonchev–Trinajstić information content (AvgIpc) is 3.16. The Morgan fingerprint density at radius 3 is 2.83 bits per heavy atom. The van der Waals surface area contributed by atoms with Crippen LogP contribution in [0.4, 0.5) is 18.9 Å². The molecule has 23 heavy (non-hydrogen) atoms. The van der Waals surface area contributed by atoms with E-state index in [1.165, 1.54) is 18.3 Å². The molecule has 0 aliphatic heterocycles. The predicted molar refractivity (Wildman–Crippen MR) is 72.5 cm³/mol. The number of alkyl halides is 3. The number of H-pyrrole nitrogens is 2. The molecule has 0 aliphatic carbocycles. The van der Waals surface area contributed by atoms with E-state index in [0.717, 1.165) is 0 Å². The van der Waals surface area contributed by atoms with Gasteiger partial charge in [-0.3, -0.25) is 0 Å². The summed E-state index contributed by atoms with van der Waals surface area (Å²) >= 11 is 0. The highest BCUT2D eigenvalue weighted by Gasteiger charge is 2.35. The summed E-state index contributed by atoms with van der Waals surface area (Å²) in [5.41, 5.74) is 0.670. The van der Waals surface area contributed by atoms with E-state index in [1.54, 1.807) is 6.07 Å². The molecular formula is C12H7F3N8. The lowest BCUT2D eigenvalue weighted by Crippen LogP contribution is -2.06. The van der Waals surface area contributed by atoms with Crippen LogP contribution in [0.2, 0.25) is 0 Å². The van der Waals surface area contributed by atoms with E-state index < -0.39 is 12.0 Å². The van der Waals surface area contributed by atoms with E-state index >= 15 is 0 Å². The molecule has 0 radical (unpaired) electrons. The number of tetrazole rings is 1. The number of rotatable bonds is 3. The first-order valence-corrected chi connectivity index (χ1v) is 6.15. The first-order valence-electron chi connectivity index (χ1n) is 6.15. The Morgan fingerprint density at radius 2 is 2.17 bits per heavy atom. The number of anilines is 1. The normalized spacial score (nSPS) is 12.3. The molecule has 0 saturated heterocycles. The van der Waals surface area contributed by atoms with Gasteiger partial charge in [-0.25, -0.2) is 4.98 Å². The van der Waals surface area contributed by atoms with Crippen LogP contribution >= 0.6 is 0 Å². The van der Waals surface area contributed by atoms with Gasteiger partial charge in [0.05, 0.1) is 11.2 Å². The van der Waals surface area contributed by atoms with E-state index in [0.29, 0.717) is 5.69 Å². The lowest BCUT2D eigenvalue weighted by atomic mass is 10.2. The van der Waals surface area contributed by atoms with Gasteiger partial charge in [0.1, 0.15) is 17.2 Å². The van der Waals surface area contributed by atoms with Gasteiger partial charge in [0, 0.05) is 6.20 Å². The second-order valence-electron chi connectivity index (χ2n) is 4.33. The summed E-state index contributed by atoms with van der Waals surface area (Å²) in [4.78, 5) is 5.75. The number of para-hydroxylation sites is 1. The van der Waals surface area contributed by atoms with E-state index in [9.17, 15) is 13.2 Å². The highest BCUT2D eigenvalue weighted by molar-refractivity contribution is 5.89. The van der Waals surface area contributed by atoms with Gasteiger partial charge in [-0.2, -0.15) is 23.6 Å². The Labute approximate surface area is 126 Å². The maximum atomic E-state index is 12.7. The van der Waals surface area contributed by atoms with Crippen LogP contribution in [0.3, 0.4) is 0 Å². The van der Waals surface area contributed by atoms with Crippen molar-refractivity contribution in [3.8, 4) is 6.07 Å². The minimum atomic E-state index is -4.57. The number of aromatic amines is 2. The Bertz CT molecular complexity index is 901. The third-order valence-electron chi connectivity index (χ3n) is 2.86. The largest absolute Gasteiger partial charge is 0.449 e. The molecule has 0 fully saturated rings. The zero-order valence-corrected chi connectivity index (χ0v) is 11.2. The predicted octanol–water partition coefficient (Wildman–Crippen LogP) is 2.07. The number of hydrogen-bond donors (Lipinski definition) is 3. The van der Waals surface area contributed by atoms with Crippen molar-refractivity contribution in [1.82, 2.24) is 30.6 Å². The summed E-state index contributed by atoms with van der Waals surface area (Å²) in [5, 5.41) is 24.6. The first-order chi connectivity index (χ1) is 11.0. The molecule has 0 aliphatic rings. The number of halogens is 3. The molecular weight excluding hydrogens is 313 g/mol. The molecule has 0 spiro atoms. The van der Waals surface area contributed by atoms with E-state index in [4.69, 9.17) is 5.26 Å². The molecule has 1 aromatic carbocycles. The minimum absolute atomic E-state index is 0.0577. The standard InChI is InChI=1S/C12H7F3N8/c13-12(14,15)11-18-8-3-1-2-7(9(8)19-11)17-5-6(4-16)10-20-22-23-21-10/h1-3,5,17H,(H,18,19)(H,20,21,22,23). The number of nitriles is 1. The molecule has 2 heterocycles. The molecule has 11 heteroatoms. The molecule has 3 rings (SSSR count). The van der Waals surface area contributed by atoms with Gasteiger partial charge < -0.3 is 10.3 Å². The number of imidazole rings is 1. The van der Waals surface area contributed by atoms with E-state index in [1.807, 2.05) is 6.07 Å². The molecule has 0 unspecified atom stereocenters. The highest BCUT2D eigenvalue weighted by atomic mass is 19.4. The van der Waals surface area contributed by atoms with Crippen molar-refractivity contribution in [3.05, 3.63) is 36.0 Å². The van der Waals surface area contributed by atoms with Gasteiger partial charge in [0.25, 0.3) is 0 Å². The van der Waals surface area contributed by atoms with Gasteiger partial charge in [-0.15, -0.1) is 10.2 Å². The first kappa shape index (κ1) is 14.5. The van der Waals surface area contributed by atoms with Crippen LogP contribution in [0, 0.1) is 11.3 Å². The molecule has 2 aromatic heterocycles. The summed E-state index contributed by atoms with van der Waals surface area (Å²) in [6, 6.07) is 6.41. The van der Waals surface area contributed by atoms with Crippen LogP contribution in [-0.4, -0.2) is 30.6 Å². The number of aromatic nitrogens is 6. The fourth-order valence-electron chi connectivity index (χ4n) is 1.86. The molecule has 0 atom stereocenters. The van der Waals surface area contributed by atoms with Crippen LogP contribution in [0.15, 0.2) is 24.4 Å². The van der Waals surface area contributed by atoms with Crippen molar-refractivity contribution in [1.29, 1.82) is 5.26 Å². The summed E-state index contributed by atoms with van der Waals surface area (Å²) in [6.45, 7) is 0. The van der Waals surface area contributed by atoms with Gasteiger partial charge in [-0.1, -0.05) is 6.07 Å². The fraction of sp³-hybridized carbons (Fsp3) is 0.0833. The lowest BCUT2D eigenvalue weighted by molar-refractivity contribution is -0.144. The molecule has 0 saturated carbocycles. The smallest absolute Gasteiger partial charge is 0.358 e. The van der Waals surface area contributed by atoms with Crippen molar-refractivity contribution in [2.24, 2.45) is 0 Å². The second kappa shape index (κ2) is 5.41. The van der Waals surface area contributed by atoms with Gasteiger partial charge in [-0.05, 0) is 17.3 Å². The summed E-state index contributed by atoms with van der Waals surface area (Å²) in [7, 11) is 0. The van der Waals surface area contributed by atoms with E-state index in [2.05, 4.69) is 35.9 Å². The van der Waals surface area contributed by atoms with Crippen molar-refractivity contribution >= 4 is 22.3 Å². The second-order valence-corrected chi connectivity index (χ2v) is 4.33. The number of hydrogen-bond acceptors (Lipinski definition) is 6. The topological polar surface area (TPSA) is 119 Å². The zero-order valence-electron chi connectivity index (χ0n) is 11.2. The van der Waals surface area contributed by atoms with Crippen LogP contribution in [0.5, 0.6) is 0 Å². The molecule has 116 valence electrons. The maximum absolute atomic E-state index is 12.7. The Morgan fingerprint density at radius 1 is 1.35 bits per heavy atom. The summed E-state index contributed by atoms with van der Waals surface area (Å²) in [6.07, 6.45) is -3.31. The van der Waals surface area contributed by atoms with Crippen molar-refractivity contribution in [2.45, 2.75) is 6.18 Å². The highest BCUT2D eigenvalue weighted by Crippen LogP contribution is 2.30. The molecule has 8 nitrogen and oxygen atoms in total. The van der Waals surface area contributed by atoms with Crippen LogP contribution in [-0.2, 0) is 6.18 Å². The average molecular weight is 320 g/mol. The van der Waals surface area contributed by atoms with Crippen LogP contribution < -0.4 is 5.32 Å². The van der Waals surface area contributed by atoms with Crippen molar-refractivity contribution in [3.63, 3.8) is 0 Å². The van der Waals surface area contributed by atoms with Crippen LogP contribution in [0.25, 0.3) is 16.6 Å². The SMILES string of the molecule is N#CC(=CNc1cccc2[nH]c(C(F)(F)F)nc12)c1nn[nH]n1. The fourth-order valence-corrected chi connectivity index (χ4v) is 1.86. The van der Waals surface area contributed by atoms with Crippen molar-refractivity contribution in [2.75, 3.05) is 5.32 Å². The van der Waals surface area contributed by atoms with Gasteiger partial charge in [0.2, 0.25) is 11.6 Å². The minimum Gasteiger partial charge on any atom is -0.358 e. The zero-order chi connectivity index (χ0) is 16.4. The number of fused-ring (bicyclic) bond motifs is 1. The molecule has 0 bridgehead atoms. The molecule has 3 aromatic rings. The summed E-state index contributed by atoms with van der Waals surface area (Å²) < 4.78 is 38.1. The van der Waals surface area contributed by atoms with Crippen LogP contribution in [0.1, 0.15) is 11.6 Å².